The second-order valence-corrected chi connectivity index (χ2v) is 9.65. The van der Waals surface area contributed by atoms with Gasteiger partial charge in [-0.15, -0.1) is 0 Å². The average molecular weight is 463 g/mol. The summed E-state index contributed by atoms with van der Waals surface area (Å²) in [5, 5.41) is 9.63. The molecule has 4 aliphatic rings. The summed E-state index contributed by atoms with van der Waals surface area (Å²) < 4.78 is 18.4. The predicted molar refractivity (Wildman–Crippen MR) is 120 cm³/mol. The van der Waals surface area contributed by atoms with Gasteiger partial charge in [-0.1, -0.05) is 18.2 Å². The Hall–Kier alpha value is -3.39. The molecular formula is C26H25NO7. The first-order valence-electron chi connectivity index (χ1n) is 11.5. The van der Waals surface area contributed by atoms with E-state index >= 15 is 0 Å². The molecule has 1 saturated heterocycles. The summed E-state index contributed by atoms with van der Waals surface area (Å²) in [6, 6.07) is 9.78. The fourth-order valence-corrected chi connectivity index (χ4v) is 6.93. The number of likely N-dealkylation sites (tertiary alicyclic amines) is 1. The average Bonchev–Trinajstić information content (AvgIpc) is 3.19. The molecule has 0 amide bonds. The van der Waals surface area contributed by atoms with Gasteiger partial charge in [0.1, 0.15) is 5.60 Å². The van der Waals surface area contributed by atoms with Crippen molar-refractivity contribution in [2.45, 2.75) is 48.8 Å². The molecule has 0 aromatic heterocycles. The van der Waals surface area contributed by atoms with Crippen LogP contribution in [0, 0.1) is 0 Å². The third-order valence-corrected chi connectivity index (χ3v) is 8.34. The highest BCUT2D eigenvalue weighted by Crippen LogP contribution is 2.66. The van der Waals surface area contributed by atoms with Crippen molar-refractivity contribution in [2.75, 3.05) is 20.7 Å². The van der Waals surface area contributed by atoms with Crippen molar-refractivity contribution < 1.29 is 33.7 Å². The molecule has 1 saturated carbocycles. The van der Waals surface area contributed by atoms with Crippen molar-refractivity contribution in [3.05, 3.63) is 58.7 Å². The first kappa shape index (κ1) is 21.2. The van der Waals surface area contributed by atoms with Crippen LogP contribution in [0.4, 0.5) is 0 Å². The quantitative estimate of drug-likeness (QED) is 0.691. The first-order chi connectivity index (χ1) is 16.3. The number of methoxy groups -OCH3 is 1. The number of Topliss-reactive ketones (excluding diaryl/α,β-unsaturated/α-hetero) is 1. The van der Waals surface area contributed by atoms with E-state index in [9.17, 15) is 19.5 Å². The topological polar surface area (TPSA) is 102 Å². The maximum absolute atomic E-state index is 13.6. The molecule has 2 bridgehead atoms. The van der Waals surface area contributed by atoms with E-state index in [2.05, 4.69) is 4.90 Å². The van der Waals surface area contributed by atoms with E-state index in [0.717, 1.165) is 17.7 Å². The molecule has 176 valence electrons. The summed E-state index contributed by atoms with van der Waals surface area (Å²) >= 11 is 0. The molecule has 2 aliphatic heterocycles. The highest BCUT2D eigenvalue weighted by atomic mass is 16.6. The van der Waals surface area contributed by atoms with E-state index in [4.69, 9.17) is 14.2 Å². The van der Waals surface area contributed by atoms with Crippen LogP contribution < -0.4 is 9.47 Å². The molecular weight excluding hydrogens is 438 g/mol. The Morgan fingerprint density at radius 1 is 1.15 bits per heavy atom. The van der Waals surface area contributed by atoms with Crippen LogP contribution >= 0.6 is 0 Å². The molecule has 8 heteroatoms. The van der Waals surface area contributed by atoms with Gasteiger partial charge in [0, 0.05) is 12.0 Å². The van der Waals surface area contributed by atoms with E-state index in [1.165, 1.54) is 12.1 Å². The summed E-state index contributed by atoms with van der Waals surface area (Å²) in [7, 11) is 3.58. The fourth-order valence-electron chi connectivity index (χ4n) is 6.93. The smallest absolute Gasteiger partial charge is 0.339 e. The lowest BCUT2D eigenvalue weighted by Crippen LogP contribution is -2.77. The molecule has 2 aromatic carbocycles. The maximum Gasteiger partial charge on any atom is 0.339 e. The zero-order valence-corrected chi connectivity index (χ0v) is 19.0. The van der Waals surface area contributed by atoms with Crippen molar-refractivity contribution in [3.63, 3.8) is 0 Å². The van der Waals surface area contributed by atoms with Crippen molar-refractivity contribution in [1.29, 1.82) is 0 Å². The van der Waals surface area contributed by atoms with E-state index in [0.29, 0.717) is 30.8 Å². The number of rotatable bonds is 4. The minimum absolute atomic E-state index is 0.00512. The molecule has 2 aromatic rings. The Balaban J connectivity index is 1.56. The number of benzene rings is 2. The maximum atomic E-state index is 13.6. The van der Waals surface area contributed by atoms with Gasteiger partial charge in [0.25, 0.3) is 0 Å². The standard InChI is InChI=1S/C26H25NO7/c1-27-12-11-25-20-14-7-8-18(32-2)21(20)33-22(25)17(28)9-10-26(25,19(27)13-14)34-24(31)16-6-4-3-5-15(16)23(29)30/h3-8,19,22H,9-13H2,1-2H3,(H,29,30)/t19-,22-,25-,26+/m0/s1. The van der Waals surface area contributed by atoms with Crippen molar-refractivity contribution in [1.82, 2.24) is 4.90 Å². The lowest BCUT2D eigenvalue weighted by molar-refractivity contribution is -0.186. The predicted octanol–water partition coefficient (Wildman–Crippen LogP) is 2.61. The molecule has 2 heterocycles. The third-order valence-electron chi connectivity index (χ3n) is 8.34. The molecule has 1 spiro atoms. The van der Waals surface area contributed by atoms with Crippen LogP contribution in [0.15, 0.2) is 36.4 Å². The van der Waals surface area contributed by atoms with Crippen LogP contribution in [0.2, 0.25) is 0 Å². The number of ketones is 1. The van der Waals surface area contributed by atoms with Crippen LogP contribution in [0.3, 0.4) is 0 Å². The number of hydrogen-bond donors (Lipinski definition) is 1. The van der Waals surface area contributed by atoms with Crippen LogP contribution in [-0.4, -0.2) is 66.2 Å². The summed E-state index contributed by atoms with van der Waals surface area (Å²) in [4.78, 5) is 40.8. The highest BCUT2D eigenvalue weighted by molar-refractivity contribution is 6.02. The fraction of sp³-hybridized carbons (Fsp3) is 0.423. The Morgan fingerprint density at radius 2 is 1.91 bits per heavy atom. The minimum Gasteiger partial charge on any atom is -0.493 e. The van der Waals surface area contributed by atoms with Gasteiger partial charge in [-0.3, -0.25) is 9.69 Å². The minimum atomic E-state index is -1.19. The Bertz CT molecular complexity index is 1260. The number of carbonyl (C=O) groups is 3. The van der Waals surface area contributed by atoms with Crippen molar-refractivity contribution in [2.24, 2.45) is 0 Å². The second kappa shape index (κ2) is 7.06. The number of ether oxygens (including phenoxy) is 3. The number of carboxylic acid groups (broad SMARTS) is 1. The number of piperidine rings is 1. The number of esters is 1. The Morgan fingerprint density at radius 3 is 2.65 bits per heavy atom. The lowest BCUT2D eigenvalue weighted by Gasteiger charge is -2.63. The number of likely N-dealkylation sites (N-methyl/N-ethyl adjacent to an activating group) is 1. The highest BCUT2D eigenvalue weighted by Gasteiger charge is 2.75. The number of carboxylic acids is 1. The number of hydrogen-bond acceptors (Lipinski definition) is 7. The van der Waals surface area contributed by atoms with E-state index < -0.39 is 29.1 Å². The van der Waals surface area contributed by atoms with Gasteiger partial charge in [0.05, 0.1) is 29.7 Å². The number of carbonyl (C=O) groups excluding carboxylic acids is 2. The van der Waals surface area contributed by atoms with Gasteiger partial charge in [-0.05, 0) is 56.6 Å². The molecule has 8 nitrogen and oxygen atoms in total. The molecule has 34 heavy (non-hydrogen) atoms. The molecule has 1 N–H and O–H groups in total. The molecule has 0 unspecified atom stereocenters. The van der Waals surface area contributed by atoms with Gasteiger partial charge in [0.15, 0.2) is 23.4 Å². The van der Waals surface area contributed by atoms with Gasteiger partial charge in [0.2, 0.25) is 0 Å². The van der Waals surface area contributed by atoms with Crippen LogP contribution in [0.1, 0.15) is 51.1 Å². The van der Waals surface area contributed by atoms with Crippen molar-refractivity contribution >= 4 is 17.7 Å². The third kappa shape index (κ3) is 2.44. The van der Waals surface area contributed by atoms with E-state index in [-0.39, 0.29) is 29.4 Å². The molecule has 2 aliphatic carbocycles. The largest absolute Gasteiger partial charge is 0.493 e. The normalized spacial score (nSPS) is 30.8. The lowest BCUT2D eigenvalue weighted by atomic mass is 9.49. The summed E-state index contributed by atoms with van der Waals surface area (Å²) in [5.41, 5.74) is 0.00213. The van der Waals surface area contributed by atoms with Crippen LogP contribution in [-0.2, 0) is 21.4 Å². The van der Waals surface area contributed by atoms with E-state index in [1.54, 1.807) is 19.2 Å². The zero-order valence-electron chi connectivity index (χ0n) is 19.0. The summed E-state index contributed by atoms with van der Waals surface area (Å²) in [6.45, 7) is 0.721. The Kier molecular flexibility index (Phi) is 4.39. The van der Waals surface area contributed by atoms with Gasteiger partial charge < -0.3 is 19.3 Å². The van der Waals surface area contributed by atoms with Gasteiger partial charge in [-0.2, -0.15) is 0 Å². The molecule has 4 atom stereocenters. The molecule has 6 rings (SSSR count). The van der Waals surface area contributed by atoms with Crippen LogP contribution in [0.25, 0.3) is 0 Å². The number of aromatic carboxylic acids is 1. The molecule has 2 fully saturated rings. The van der Waals surface area contributed by atoms with Crippen LogP contribution in [0.5, 0.6) is 11.5 Å². The summed E-state index contributed by atoms with van der Waals surface area (Å²) in [5.74, 6) is -0.765. The monoisotopic (exact) mass is 463 g/mol. The first-order valence-corrected chi connectivity index (χ1v) is 11.5. The Labute approximate surface area is 196 Å². The van der Waals surface area contributed by atoms with Gasteiger partial charge in [-0.25, -0.2) is 9.59 Å². The van der Waals surface area contributed by atoms with E-state index in [1.807, 2.05) is 19.2 Å². The number of nitrogens with zero attached hydrogens (tertiary/aromatic N) is 1. The summed E-state index contributed by atoms with van der Waals surface area (Å²) in [6.07, 6.45) is 1.01. The van der Waals surface area contributed by atoms with Gasteiger partial charge >= 0.3 is 11.9 Å². The molecule has 0 radical (unpaired) electrons. The second-order valence-electron chi connectivity index (χ2n) is 9.65. The zero-order chi connectivity index (χ0) is 23.8. The SMILES string of the molecule is COc1ccc2c3c1O[C@H]1C(=O)CC[C@@]4(OC(=O)c5ccccc5C(=O)O)[C@H](C2)N(C)CC[C@]314. The van der Waals surface area contributed by atoms with Crippen molar-refractivity contribution in [3.8, 4) is 11.5 Å².